The average Bonchev–Trinajstić information content (AvgIpc) is 2.44. The molecule has 2 rings (SSSR count). The quantitative estimate of drug-likeness (QED) is 0.585. The van der Waals surface area contributed by atoms with Crippen LogP contribution in [0.5, 0.6) is 11.5 Å². The first-order valence-electron chi connectivity index (χ1n) is 6.03. The molecule has 0 saturated heterocycles. The van der Waals surface area contributed by atoms with Crippen molar-refractivity contribution < 1.29 is 14.2 Å². The Labute approximate surface area is 115 Å². The van der Waals surface area contributed by atoms with Crippen molar-refractivity contribution >= 4 is 5.82 Å². The first-order chi connectivity index (χ1) is 9.56. The van der Waals surface area contributed by atoms with Crippen molar-refractivity contribution in [3.63, 3.8) is 0 Å². The van der Waals surface area contributed by atoms with Gasteiger partial charge in [-0.1, -0.05) is 0 Å². The van der Waals surface area contributed by atoms with Crippen molar-refractivity contribution in [1.29, 1.82) is 0 Å². The van der Waals surface area contributed by atoms with Gasteiger partial charge >= 0.3 is 0 Å². The van der Waals surface area contributed by atoms with Crippen LogP contribution >= 0.6 is 0 Å². The number of nitrogens with one attached hydrogen (secondary N) is 1. The number of nitrogen functional groups attached to an aromatic ring is 1. The van der Waals surface area contributed by atoms with Gasteiger partial charge in [-0.3, -0.25) is 0 Å². The number of hydrogen-bond acceptors (Lipinski definition) is 6. The van der Waals surface area contributed by atoms with E-state index in [9.17, 15) is 9.50 Å². The van der Waals surface area contributed by atoms with Crippen LogP contribution in [-0.2, 0) is 0 Å². The largest absolute Gasteiger partial charge is 0.504 e. The fourth-order valence-electron chi connectivity index (χ4n) is 1.71. The van der Waals surface area contributed by atoms with Gasteiger partial charge < -0.3 is 15.3 Å². The summed E-state index contributed by atoms with van der Waals surface area (Å²) in [5, 5.41) is 9.65. The molecule has 0 aliphatic rings. The molecule has 4 N–H and O–H groups in total. The Balaban J connectivity index is 2.51. The topological polar surface area (TPSA) is 93.3 Å². The lowest BCUT2D eigenvalue weighted by Crippen LogP contribution is -2.13. The summed E-state index contributed by atoms with van der Waals surface area (Å²) < 4.78 is 18.9. The molecule has 0 saturated carbocycles. The Kier molecular flexibility index (Phi) is 3.99. The van der Waals surface area contributed by atoms with Gasteiger partial charge in [-0.15, -0.1) is 0 Å². The van der Waals surface area contributed by atoms with E-state index < -0.39 is 5.82 Å². The maximum atomic E-state index is 13.6. The molecule has 0 bridgehead atoms. The first-order valence-corrected chi connectivity index (χ1v) is 6.03. The molecule has 0 aliphatic heterocycles. The number of nitrogens with two attached hydrogens (primary N) is 1. The number of benzene rings is 1. The lowest BCUT2D eigenvalue weighted by molar-refractivity contribution is 0.318. The van der Waals surface area contributed by atoms with Crippen LogP contribution in [-0.4, -0.2) is 21.7 Å². The van der Waals surface area contributed by atoms with Gasteiger partial charge in [0.15, 0.2) is 29.0 Å². The summed E-state index contributed by atoms with van der Waals surface area (Å²) in [4.78, 5) is 8.06. The molecule has 0 spiro atoms. The molecule has 1 aromatic heterocycles. The summed E-state index contributed by atoms with van der Waals surface area (Å²) >= 11 is 0. The summed E-state index contributed by atoms with van der Waals surface area (Å²) in [5.41, 5.74) is 2.95. The van der Waals surface area contributed by atoms with Crippen molar-refractivity contribution in [3.8, 4) is 22.9 Å². The predicted molar refractivity (Wildman–Crippen MR) is 72.8 cm³/mol. The maximum absolute atomic E-state index is 13.6. The van der Waals surface area contributed by atoms with Crippen LogP contribution in [0.3, 0.4) is 0 Å². The zero-order valence-corrected chi connectivity index (χ0v) is 11.1. The summed E-state index contributed by atoms with van der Waals surface area (Å²) in [6, 6.07) is 4.68. The second kappa shape index (κ2) is 5.70. The third-order valence-electron chi connectivity index (χ3n) is 2.67. The number of hydrazine groups is 1. The molecule has 2 aromatic rings. The van der Waals surface area contributed by atoms with Crippen LogP contribution in [0.1, 0.15) is 12.6 Å². The highest BCUT2D eigenvalue weighted by atomic mass is 19.1. The average molecular weight is 278 g/mol. The Morgan fingerprint density at radius 2 is 2.15 bits per heavy atom. The molecule has 0 atom stereocenters. The Hall–Kier alpha value is -2.41. The van der Waals surface area contributed by atoms with Crippen LogP contribution in [0.4, 0.5) is 10.2 Å². The van der Waals surface area contributed by atoms with E-state index in [0.29, 0.717) is 17.9 Å². The van der Waals surface area contributed by atoms with Crippen LogP contribution in [0, 0.1) is 12.7 Å². The maximum Gasteiger partial charge on any atom is 0.187 e. The number of phenolic OH excluding ortho intramolecular Hbond substituents is 1. The van der Waals surface area contributed by atoms with Gasteiger partial charge in [0.25, 0.3) is 0 Å². The summed E-state index contributed by atoms with van der Waals surface area (Å²) in [7, 11) is 0. The molecular weight excluding hydrogens is 263 g/mol. The van der Waals surface area contributed by atoms with Crippen LogP contribution in [0.2, 0.25) is 0 Å². The highest BCUT2D eigenvalue weighted by Crippen LogP contribution is 2.31. The minimum atomic E-state index is -0.597. The lowest BCUT2D eigenvalue weighted by atomic mass is 10.2. The van der Waals surface area contributed by atoms with Crippen molar-refractivity contribution in [3.05, 3.63) is 29.7 Å². The van der Waals surface area contributed by atoms with Gasteiger partial charge in [-0.05, 0) is 32.0 Å². The zero-order chi connectivity index (χ0) is 14.7. The fourth-order valence-corrected chi connectivity index (χ4v) is 1.71. The van der Waals surface area contributed by atoms with Crippen molar-refractivity contribution in [2.24, 2.45) is 5.84 Å². The van der Waals surface area contributed by atoms with E-state index in [1.165, 1.54) is 13.0 Å². The second-order valence-corrected chi connectivity index (χ2v) is 4.06. The van der Waals surface area contributed by atoms with E-state index in [4.69, 9.17) is 10.6 Å². The van der Waals surface area contributed by atoms with Gasteiger partial charge in [0.05, 0.1) is 12.3 Å². The van der Waals surface area contributed by atoms with Crippen molar-refractivity contribution in [2.45, 2.75) is 13.8 Å². The van der Waals surface area contributed by atoms with E-state index >= 15 is 0 Å². The van der Waals surface area contributed by atoms with Gasteiger partial charge in [0.2, 0.25) is 0 Å². The van der Waals surface area contributed by atoms with Gasteiger partial charge in [0, 0.05) is 5.56 Å². The summed E-state index contributed by atoms with van der Waals surface area (Å²) in [6.07, 6.45) is 0. The molecule has 1 heterocycles. The molecule has 0 unspecified atom stereocenters. The molecule has 0 amide bonds. The minimum absolute atomic E-state index is 0.0200. The third kappa shape index (κ3) is 2.62. The van der Waals surface area contributed by atoms with E-state index in [0.717, 1.165) is 0 Å². The lowest BCUT2D eigenvalue weighted by Gasteiger charge is -2.10. The number of nitrogens with zero attached hydrogens (tertiary/aromatic N) is 2. The summed E-state index contributed by atoms with van der Waals surface area (Å²) in [6.45, 7) is 3.74. The van der Waals surface area contributed by atoms with Gasteiger partial charge in [-0.25, -0.2) is 20.2 Å². The second-order valence-electron chi connectivity index (χ2n) is 4.06. The standard InChI is InChI=1S/C13H15FN4O2/c1-3-20-10-6-8(4-5-9(10)19)12-16-7(2)11(14)13(17-12)18-15/h4-6,19H,3,15H2,1-2H3,(H,16,17,18). The molecule has 0 fully saturated rings. The minimum Gasteiger partial charge on any atom is -0.504 e. The van der Waals surface area contributed by atoms with Crippen LogP contribution < -0.4 is 16.0 Å². The fraction of sp³-hybridized carbons (Fsp3) is 0.231. The van der Waals surface area contributed by atoms with Gasteiger partial charge in [-0.2, -0.15) is 0 Å². The molecule has 106 valence electrons. The Morgan fingerprint density at radius 1 is 1.40 bits per heavy atom. The monoisotopic (exact) mass is 278 g/mol. The van der Waals surface area contributed by atoms with E-state index in [1.54, 1.807) is 19.1 Å². The normalized spacial score (nSPS) is 10.4. The number of anilines is 1. The van der Waals surface area contributed by atoms with E-state index in [-0.39, 0.29) is 23.1 Å². The number of aryl methyl sites for hydroxylation is 1. The summed E-state index contributed by atoms with van der Waals surface area (Å²) in [5.74, 6) is 5.17. The molecule has 0 aliphatic carbocycles. The van der Waals surface area contributed by atoms with Gasteiger partial charge in [0.1, 0.15) is 0 Å². The van der Waals surface area contributed by atoms with Crippen molar-refractivity contribution in [1.82, 2.24) is 9.97 Å². The van der Waals surface area contributed by atoms with E-state index in [1.807, 2.05) is 0 Å². The highest BCUT2D eigenvalue weighted by Gasteiger charge is 2.13. The smallest absolute Gasteiger partial charge is 0.187 e. The number of rotatable bonds is 4. The number of hydrogen-bond donors (Lipinski definition) is 3. The molecule has 6 nitrogen and oxygen atoms in total. The van der Waals surface area contributed by atoms with Crippen LogP contribution in [0.25, 0.3) is 11.4 Å². The number of aromatic nitrogens is 2. The Morgan fingerprint density at radius 3 is 2.80 bits per heavy atom. The number of halogens is 1. The van der Waals surface area contributed by atoms with E-state index in [2.05, 4.69) is 15.4 Å². The first kappa shape index (κ1) is 14.0. The molecule has 1 aromatic carbocycles. The molecular formula is C13H15FN4O2. The molecule has 20 heavy (non-hydrogen) atoms. The SMILES string of the molecule is CCOc1cc(-c2nc(C)c(F)c(NN)n2)ccc1O. The number of ether oxygens (including phenoxy) is 1. The third-order valence-corrected chi connectivity index (χ3v) is 2.67. The predicted octanol–water partition coefficient (Wildman–Crippen LogP) is 1.98. The molecule has 7 heteroatoms. The molecule has 0 radical (unpaired) electrons. The van der Waals surface area contributed by atoms with Crippen LogP contribution in [0.15, 0.2) is 18.2 Å². The number of aromatic hydroxyl groups is 1. The highest BCUT2D eigenvalue weighted by molar-refractivity contribution is 5.62. The zero-order valence-electron chi connectivity index (χ0n) is 11.1. The van der Waals surface area contributed by atoms with Crippen molar-refractivity contribution in [2.75, 3.05) is 12.0 Å². The number of phenols is 1. The Bertz CT molecular complexity index is 634.